The first-order chi connectivity index (χ1) is 8.98. The van der Waals surface area contributed by atoms with Crippen molar-refractivity contribution in [3.63, 3.8) is 0 Å². The molecular weight excluding hydrogens is 271 g/mol. The molecule has 0 saturated carbocycles. The van der Waals surface area contributed by atoms with Gasteiger partial charge in [0, 0.05) is 12.1 Å². The fourth-order valence-corrected chi connectivity index (χ4v) is 3.49. The van der Waals surface area contributed by atoms with Crippen molar-refractivity contribution in [3.8, 4) is 0 Å². The highest BCUT2D eigenvalue weighted by Gasteiger charge is 2.33. The lowest BCUT2D eigenvalue weighted by molar-refractivity contribution is 0.427. The van der Waals surface area contributed by atoms with Gasteiger partial charge in [-0.1, -0.05) is 6.07 Å². The van der Waals surface area contributed by atoms with Gasteiger partial charge in [0.15, 0.2) is 0 Å². The number of nitrogens with zero attached hydrogens (tertiary/aromatic N) is 2. The number of nitrogen functional groups attached to an aromatic ring is 1. The molecule has 8 heteroatoms. The minimum absolute atomic E-state index is 0.0656. The third kappa shape index (κ3) is 1.89. The van der Waals surface area contributed by atoms with Crippen molar-refractivity contribution in [1.82, 2.24) is 14.5 Å². The third-order valence-electron chi connectivity index (χ3n) is 3.09. The molecule has 1 aliphatic rings. The Balaban J connectivity index is 1.96. The first kappa shape index (κ1) is 12.1. The molecule has 6 nitrogen and oxygen atoms in total. The number of benzene rings is 1. The fraction of sp³-hybridized carbons (Fsp3) is 0.182. The number of sulfonamides is 1. The van der Waals surface area contributed by atoms with Crippen LogP contribution in [0, 0.1) is 5.82 Å². The predicted molar refractivity (Wildman–Crippen MR) is 65.8 cm³/mol. The molecule has 1 aromatic carbocycles. The van der Waals surface area contributed by atoms with Crippen molar-refractivity contribution in [3.05, 3.63) is 41.3 Å². The molecule has 0 fully saturated rings. The highest BCUT2D eigenvalue weighted by Crippen LogP contribution is 2.30. The van der Waals surface area contributed by atoms with E-state index in [0.29, 0.717) is 17.1 Å². The first-order valence-corrected chi connectivity index (χ1v) is 7.00. The average molecular weight is 282 g/mol. The Kier molecular flexibility index (Phi) is 2.58. The van der Waals surface area contributed by atoms with Gasteiger partial charge >= 0.3 is 0 Å². The summed E-state index contributed by atoms with van der Waals surface area (Å²) in [6.45, 7) is 0.314. The molecule has 0 unspecified atom stereocenters. The van der Waals surface area contributed by atoms with Crippen LogP contribution in [0.2, 0.25) is 0 Å². The quantitative estimate of drug-likeness (QED) is 0.853. The Morgan fingerprint density at radius 1 is 1.37 bits per heavy atom. The molecule has 0 amide bonds. The number of anilines is 1. The minimum atomic E-state index is -3.73. The number of hydrogen-bond acceptors (Lipinski definition) is 4. The monoisotopic (exact) mass is 282 g/mol. The van der Waals surface area contributed by atoms with E-state index in [9.17, 15) is 12.8 Å². The van der Waals surface area contributed by atoms with Crippen LogP contribution in [0.15, 0.2) is 29.2 Å². The molecule has 0 radical (unpaired) electrons. The Bertz CT molecular complexity index is 741. The smallest absolute Gasteiger partial charge is 0.243 e. The van der Waals surface area contributed by atoms with Gasteiger partial charge in [-0.3, -0.25) is 5.10 Å². The maximum atomic E-state index is 13.1. The van der Waals surface area contributed by atoms with E-state index in [1.165, 1.54) is 22.5 Å². The second kappa shape index (κ2) is 4.04. The van der Waals surface area contributed by atoms with E-state index in [2.05, 4.69) is 10.2 Å². The lowest BCUT2D eigenvalue weighted by Gasteiger charge is -2.15. The van der Waals surface area contributed by atoms with Crippen molar-refractivity contribution < 1.29 is 12.8 Å². The molecule has 2 heterocycles. The van der Waals surface area contributed by atoms with Gasteiger partial charge in [0.1, 0.15) is 11.6 Å². The summed E-state index contributed by atoms with van der Waals surface area (Å²) in [7, 11) is -3.73. The Hall–Kier alpha value is -1.93. The van der Waals surface area contributed by atoms with Crippen LogP contribution in [0.5, 0.6) is 0 Å². The van der Waals surface area contributed by atoms with Gasteiger partial charge in [-0.15, -0.1) is 0 Å². The minimum Gasteiger partial charge on any atom is -0.382 e. The van der Waals surface area contributed by atoms with Crippen molar-refractivity contribution in [1.29, 1.82) is 0 Å². The molecular formula is C11H11FN4O2S. The standard InChI is InChI=1S/C11H11FN4O2S/c12-7-2-1-3-8(4-7)19(17,18)16-5-9-10(6-16)14-15-11(9)13/h1-4H,5-6H2,(H3,13,14,15). The van der Waals surface area contributed by atoms with E-state index < -0.39 is 15.8 Å². The van der Waals surface area contributed by atoms with E-state index >= 15 is 0 Å². The molecule has 0 spiro atoms. The van der Waals surface area contributed by atoms with Crippen LogP contribution in [-0.2, 0) is 23.1 Å². The lowest BCUT2D eigenvalue weighted by atomic mass is 10.3. The van der Waals surface area contributed by atoms with E-state index in [1.54, 1.807) is 0 Å². The van der Waals surface area contributed by atoms with Crippen LogP contribution in [-0.4, -0.2) is 22.9 Å². The van der Waals surface area contributed by atoms with Crippen LogP contribution >= 0.6 is 0 Å². The summed E-state index contributed by atoms with van der Waals surface area (Å²) in [5, 5.41) is 6.51. The molecule has 0 atom stereocenters. The number of hydrogen-bond donors (Lipinski definition) is 2. The van der Waals surface area contributed by atoms with Crippen LogP contribution in [0.4, 0.5) is 10.2 Å². The average Bonchev–Trinajstić information content (AvgIpc) is 2.92. The molecule has 3 rings (SSSR count). The van der Waals surface area contributed by atoms with Crippen molar-refractivity contribution in [2.45, 2.75) is 18.0 Å². The van der Waals surface area contributed by atoms with Gasteiger partial charge in [-0.2, -0.15) is 9.40 Å². The van der Waals surface area contributed by atoms with E-state index in [4.69, 9.17) is 5.73 Å². The molecule has 3 N–H and O–H groups in total. The predicted octanol–water partition coefficient (Wildman–Crippen LogP) is 0.836. The third-order valence-corrected chi connectivity index (χ3v) is 4.88. The number of halogens is 1. The van der Waals surface area contributed by atoms with Gasteiger partial charge in [0.2, 0.25) is 10.0 Å². The number of nitrogens with two attached hydrogens (primary N) is 1. The summed E-state index contributed by atoms with van der Waals surface area (Å²) in [6.07, 6.45) is 0. The second-order valence-corrected chi connectivity index (χ2v) is 6.23. The first-order valence-electron chi connectivity index (χ1n) is 5.56. The van der Waals surface area contributed by atoms with Gasteiger partial charge in [0.05, 0.1) is 17.1 Å². The zero-order chi connectivity index (χ0) is 13.6. The highest BCUT2D eigenvalue weighted by molar-refractivity contribution is 7.89. The zero-order valence-electron chi connectivity index (χ0n) is 9.80. The van der Waals surface area contributed by atoms with Crippen LogP contribution in [0.25, 0.3) is 0 Å². The molecule has 1 aromatic heterocycles. The van der Waals surface area contributed by atoms with Crippen LogP contribution in [0.3, 0.4) is 0 Å². The fourth-order valence-electron chi connectivity index (χ4n) is 2.08. The number of fused-ring (bicyclic) bond motifs is 1. The number of nitrogens with one attached hydrogen (secondary N) is 1. The molecule has 0 saturated heterocycles. The number of rotatable bonds is 2. The molecule has 1 aliphatic heterocycles. The maximum absolute atomic E-state index is 13.1. The van der Waals surface area contributed by atoms with Gasteiger partial charge in [0.25, 0.3) is 0 Å². The summed E-state index contributed by atoms with van der Waals surface area (Å²) < 4.78 is 39.1. The molecule has 2 aromatic rings. The van der Waals surface area contributed by atoms with Crippen molar-refractivity contribution >= 4 is 15.8 Å². The Morgan fingerprint density at radius 3 is 2.84 bits per heavy atom. The largest absolute Gasteiger partial charge is 0.382 e. The summed E-state index contributed by atoms with van der Waals surface area (Å²) in [5.41, 5.74) is 7.00. The SMILES string of the molecule is Nc1n[nH]c2c1CN(S(=O)(=O)c1cccc(F)c1)C2. The summed E-state index contributed by atoms with van der Waals surface area (Å²) >= 11 is 0. The number of aromatic amines is 1. The second-order valence-electron chi connectivity index (χ2n) is 4.30. The van der Waals surface area contributed by atoms with Crippen molar-refractivity contribution in [2.75, 3.05) is 5.73 Å². The number of H-pyrrole nitrogens is 1. The number of aromatic nitrogens is 2. The topological polar surface area (TPSA) is 92.1 Å². The summed E-state index contributed by atoms with van der Waals surface area (Å²) in [5.74, 6) is -0.285. The summed E-state index contributed by atoms with van der Waals surface area (Å²) in [4.78, 5) is -0.0656. The zero-order valence-corrected chi connectivity index (χ0v) is 10.6. The molecule has 0 aliphatic carbocycles. The van der Waals surface area contributed by atoms with E-state index in [1.807, 2.05) is 0 Å². The molecule has 0 bridgehead atoms. The molecule has 100 valence electrons. The van der Waals surface area contributed by atoms with Crippen LogP contribution < -0.4 is 5.73 Å². The Labute approximate surface area is 109 Å². The maximum Gasteiger partial charge on any atom is 0.243 e. The summed E-state index contributed by atoms with van der Waals surface area (Å²) in [6, 6.07) is 4.94. The van der Waals surface area contributed by atoms with E-state index in [0.717, 1.165) is 6.07 Å². The van der Waals surface area contributed by atoms with Gasteiger partial charge in [-0.05, 0) is 18.2 Å². The van der Waals surface area contributed by atoms with Crippen LogP contribution in [0.1, 0.15) is 11.3 Å². The molecule has 19 heavy (non-hydrogen) atoms. The van der Waals surface area contributed by atoms with Gasteiger partial charge < -0.3 is 5.73 Å². The normalized spacial score (nSPS) is 15.6. The highest BCUT2D eigenvalue weighted by atomic mass is 32.2. The van der Waals surface area contributed by atoms with E-state index in [-0.39, 0.29) is 18.0 Å². The van der Waals surface area contributed by atoms with Gasteiger partial charge in [-0.25, -0.2) is 12.8 Å². The lowest BCUT2D eigenvalue weighted by Crippen LogP contribution is -2.26. The van der Waals surface area contributed by atoms with Crippen molar-refractivity contribution in [2.24, 2.45) is 0 Å². The Morgan fingerprint density at radius 2 is 2.16 bits per heavy atom.